The van der Waals surface area contributed by atoms with Crippen LogP contribution in [-0.4, -0.2) is 45.7 Å². The van der Waals surface area contributed by atoms with Gasteiger partial charge in [-0.3, -0.25) is 9.59 Å². The van der Waals surface area contributed by atoms with Gasteiger partial charge in [-0.1, -0.05) is 54.6 Å². The number of carbonyl (C=O) groups excluding carboxylic acids is 1. The number of carboxylic acids is 1. The van der Waals surface area contributed by atoms with Crippen molar-refractivity contribution in [2.75, 3.05) is 6.54 Å². The molecule has 1 fully saturated rings. The Morgan fingerprint density at radius 1 is 1.26 bits per heavy atom. The van der Waals surface area contributed by atoms with E-state index in [1.165, 1.54) is 0 Å². The first kappa shape index (κ1) is 20.9. The van der Waals surface area contributed by atoms with Gasteiger partial charge in [0, 0.05) is 25.8 Å². The molecule has 1 amide bonds. The molecule has 2 atom stereocenters. The van der Waals surface area contributed by atoms with Crippen molar-refractivity contribution in [3.05, 3.63) is 60.2 Å². The molecule has 1 aliphatic heterocycles. The van der Waals surface area contributed by atoms with E-state index >= 15 is 0 Å². The van der Waals surface area contributed by atoms with Crippen molar-refractivity contribution in [3.8, 4) is 0 Å². The van der Waals surface area contributed by atoms with E-state index in [2.05, 4.69) is 0 Å². The molecule has 1 aromatic rings. The van der Waals surface area contributed by atoms with E-state index in [9.17, 15) is 14.7 Å². The van der Waals surface area contributed by atoms with Crippen LogP contribution in [0.4, 0.5) is 0 Å². The summed E-state index contributed by atoms with van der Waals surface area (Å²) in [4.78, 5) is 24.6. The van der Waals surface area contributed by atoms with Crippen molar-refractivity contribution in [1.82, 2.24) is 4.90 Å². The Hall–Kier alpha value is -2.40. The third-order valence-corrected chi connectivity index (χ3v) is 4.68. The zero-order chi connectivity index (χ0) is 19.5. The molecule has 5 heteroatoms. The minimum atomic E-state index is -0.783. The number of allylic oxidation sites excluding steroid dienone is 1. The van der Waals surface area contributed by atoms with E-state index < -0.39 is 12.1 Å². The van der Waals surface area contributed by atoms with Gasteiger partial charge in [0.1, 0.15) is 0 Å². The summed E-state index contributed by atoms with van der Waals surface area (Å²) in [6.07, 6.45) is 11.4. The molecule has 1 aliphatic rings. The molecular formula is C22H29NO4. The maximum Gasteiger partial charge on any atom is 0.303 e. The number of carbonyl (C=O) groups is 2. The average molecular weight is 371 g/mol. The van der Waals surface area contributed by atoms with Crippen molar-refractivity contribution in [2.24, 2.45) is 0 Å². The number of unbranched alkanes of at least 4 members (excludes halogenated alkanes) is 1. The highest BCUT2D eigenvalue weighted by Gasteiger charge is 2.25. The van der Waals surface area contributed by atoms with Crippen LogP contribution in [0, 0.1) is 0 Å². The molecule has 1 aromatic carbocycles. The third-order valence-electron chi connectivity index (χ3n) is 4.68. The molecule has 1 heterocycles. The number of hydrogen-bond acceptors (Lipinski definition) is 3. The van der Waals surface area contributed by atoms with Crippen molar-refractivity contribution in [1.29, 1.82) is 0 Å². The van der Waals surface area contributed by atoms with E-state index in [0.29, 0.717) is 32.2 Å². The predicted molar refractivity (Wildman–Crippen MR) is 105 cm³/mol. The average Bonchev–Trinajstić information content (AvgIpc) is 2.65. The summed E-state index contributed by atoms with van der Waals surface area (Å²) in [5, 5.41) is 18.9. The second-order valence-corrected chi connectivity index (χ2v) is 6.91. The van der Waals surface area contributed by atoms with Gasteiger partial charge < -0.3 is 15.1 Å². The number of benzene rings is 1. The fourth-order valence-corrected chi connectivity index (χ4v) is 3.24. The van der Waals surface area contributed by atoms with Gasteiger partial charge in [-0.05, 0) is 31.2 Å². The number of rotatable bonds is 10. The standard InChI is InChI=1S/C22H29NO4/c24-20(17-18-9-4-3-5-10-18)15-14-19-11-8-12-21(25)23(19)16-7-2-1-6-13-22(26)27/h2-5,7,9-10,14-15,19-20,24H,1,6,8,11-13,16-17H2,(H,26,27)/b7-2+,15-14+/t19-,20?/m1/s1. The van der Waals surface area contributed by atoms with E-state index in [1.807, 2.05) is 53.5 Å². The predicted octanol–water partition coefficient (Wildman–Crippen LogP) is 3.34. The molecule has 0 spiro atoms. The van der Waals surface area contributed by atoms with Gasteiger partial charge in [-0.2, -0.15) is 0 Å². The molecule has 2 rings (SSSR count). The number of piperidine rings is 1. The summed E-state index contributed by atoms with van der Waals surface area (Å²) in [6.45, 7) is 0.524. The summed E-state index contributed by atoms with van der Waals surface area (Å²) in [6, 6.07) is 9.84. The first-order chi connectivity index (χ1) is 13.1. The number of carboxylic acid groups (broad SMARTS) is 1. The zero-order valence-corrected chi connectivity index (χ0v) is 15.7. The van der Waals surface area contributed by atoms with Crippen LogP contribution in [0.3, 0.4) is 0 Å². The molecule has 146 valence electrons. The lowest BCUT2D eigenvalue weighted by molar-refractivity contribution is -0.137. The van der Waals surface area contributed by atoms with Gasteiger partial charge in [-0.25, -0.2) is 0 Å². The van der Waals surface area contributed by atoms with E-state index in [-0.39, 0.29) is 18.4 Å². The Labute approximate surface area is 161 Å². The minimum absolute atomic E-state index is 0.000318. The molecule has 0 aliphatic carbocycles. The SMILES string of the molecule is O=C(O)CCC/C=C/CN1C(=O)CCC[C@@H]1/C=C/C(O)Cc1ccccc1. The maximum absolute atomic E-state index is 12.3. The second-order valence-electron chi connectivity index (χ2n) is 6.91. The van der Waals surface area contributed by atoms with Gasteiger partial charge in [0.15, 0.2) is 0 Å². The molecule has 0 radical (unpaired) electrons. The highest BCUT2D eigenvalue weighted by Crippen LogP contribution is 2.20. The number of aliphatic carboxylic acids is 1. The van der Waals surface area contributed by atoms with Crippen molar-refractivity contribution in [2.45, 2.75) is 57.1 Å². The number of aliphatic hydroxyl groups is 1. The number of nitrogens with zero attached hydrogens (tertiary/aromatic N) is 1. The summed E-state index contributed by atoms with van der Waals surface area (Å²) >= 11 is 0. The maximum atomic E-state index is 12.3. The normalized spacial score (nSPS) is 19.1. The van der Waals surface area contributed by atoms with Crippen molar-refractivity contribution >= 4 is 11.9 Å². The van der Waals surface area contributed by atoms with Crippen LogP contribution in [0.5, 0.6) is 0 Å². The number of aliphatic hydroxyl groups excluding tert-OH is 1. The molecule has 1 unspecified atom stereocenters. The molecule has 5 nitrogen and oxygen atoms in total. The molecular weight excluding hydrogens is 342 g/mol. The Bertz CT molecular complexity index is 654. The van der Waals surface area contributed by atoms with Crippen LogP contribution in [0.1, 0.15) is 44.1 Å². The van der Waals surface area contributed by atoms with Crippen LogP contribution in [0.25, 0.3) is 0 Å². The summed E-state index contributed by atoms with van der Waals surface area (Å²) in [7, 11) is 0. The largest absolute Gasteiger partial charge is 0.481 e. The Balaban J connectivity index is 1.85. The first-order valence-electron chi connectivity index (χ1n) is 9.63. The molecule has 27 heavy (non-hydrogen) atoms. The van der Waals surface area contributed by atoms with Gasteiger partial charge in [-0.15, -0.1) is 0 Å². The quantitative estimate of drug-likeness (QED) is 0.488. The smallest absolute Gasteiger partial charge is 0.303 e. The Morgan fingerprint density at radius 3 is 2.78 bits per heavy atom. The van der Waals surface area contributed by atoms with Crippen molar-refractivity contribution < 1.29 is 19.8 Å². The molecule has 2 N–H and O–H groups in total. The number of hydrogen-bond donors (Lipinski definition) is 2. The molecule has 0 bridgehead atoms. The summed E-state index contributed by atoms with van der Waals surface area (Å²) in [5.74, 6) is -0.655. The highest BCUT2D eigenvalue weighted by molar-refractivity contribution is 5.77. The monoisotopic (exact) mass is 371 g/mol. The Kier molecular flexibility index (Phi) is 8.78. The summed E-state index contributed by atoms with van der Waals surface area (Å²) < 4.78 is 0. The van der Waals surface area contributed by atoms with Gasteiger partial charge in [0.2, 0.25) is 5.91 Å². The second kappa shape index (κ2) is 11.3. The van der Waals surface area contributed by atoms with E-state index in [0.717, 1.165) is 18.4 Å². The van der Waals surface area contributed by atoms with Gasteiger partial charge in [0.05, 0.1) is 12.1 Å². The van der Waals surface area contributed by atoms with E-state index in [4.69, 9.17) is 5.11 Å². The fourth-order valence-electron chi connectivity index (χ4n) is 3.24. The molecule has 1 saturated heterocycles. The lowest BCUT2D eigenvalue weighted by Crippen LogP contribution is -2.42. The van der Waals surface area contributed by atoms with Gasteiger partial charge >= 0.3 is 5.97 Å². The molecule has 0 aromatic heterocycles. The van der Waals surface area contributed by atoms with Crippen molar-refractivity contribution in [3.63, 3.8) is 0 Å². The third kappa shape index (κ3) is 7.79. The fraction of sp³-hybridized carbons (Fsp3) is 0.455. The van der Waals surface area contributed by atoms with Gasteiger partial charge in [0.25, 0.3) is 0 Å². The van der Waals surface area contributed by atoms with E-state index in [1.54, 1.807) is 6.08 Å². The number of amides is 1. The topological polar surface area (TPSA) is 77.8 Å². The van der Waals surface area contributed by atoms with Crippen LogP contribution in [-0.2, 0) is 16.0 Å². The van der Waals surface area contributed by atoms with Crippen LogP contribution in [0.15, 0.2) is 54.6 Å². The van der Waals surface area contributed by atoms with Crippen LogP contribution < -0.4 is 0 Å². The molecule has 0 saturated carbocycles. The summed E-state index contributed by atoms with van der Waals surface area (Å²) in [5.41, 5.74) is 1.08. The first-order valence-corrected chi connectivity index (χ1v) is 9.63. The number of likely N-dealkylation sites (tertiary alicyclic amines) is 1. The van der Waals surface area contributed by atoms with Crippen LogP contribution >= 0.6 is 0 Å². The lowest BCUT2D eigenvalue weighted by atomic mass is 9.99. The lowest BCUT2D eigenvalue weighted by Gasteiger charge is -2.33. The zero-order valence-electron chi connectivity index (χ0n) is 15.7. The Morgan fingerprint density at radius 2 is 2.04 bits per heavy atom. The van der Waals surface area contributed by atoms with Crippen LogP contribution in [0.2, 0.25) is 0 Å². The highest BCUT2D eigenvalue weighted by atomic mass is 16.4. The minimum Gasteiger partial charge on any atom is -0.481 e.